The summed E-state index contributed by atoms with van der Waals surface area (Å²) in [5.74, 6) is 1.87. The Kier molecular flexibility index (Phi) is 7.94. The van der Waals surface area contributed by atoms with Gasteiger partial charge in [0, 0.05) is 12.5 Å². The lowest BCUT2D eigenvalue weighted by Gasteiger charge is -2.28. The van der Waals surface area contributed by atoms with Crippen molar-refractivity contribution in [3.63, 3.8) is 0 Å². The van der Waals surface area contributed by atoms with E-state index >= 15 is 0 Å². The van der Waals surface area contributed by atoms with E-state index in [9.17, 15) is 9.90 Å². The van der Waals surface area contributed by atoms with Gasteiger partial charge < -0.3 is 14.6 Å². The van der Waals surface area contributed by atoms with Crippen molar-refractivity contribution in [2.45, 2.75) is 70.3 Å². The Bertz CT molecular complexity index is 1210. The second-order valence-corrected chi connectivity index (χ2v) is 10.6. The van der Waals surface area contributed by atoms with Crippen molar-refractivity contribution in [3.8, 4) is 22.6 Å². The van der Waals surface area contributed by atoms with Crippen LogP contribution >= 0.6 is 0 Å². The van der Waals surface area contributed by atoms with Crippen molar-refractivity contribution in [3.05, 3.63) is 66.0 Å². The SMILES string of the molecule is COC(=O)c1cnn(-c2cccc(-c3cccc(O[C@@H](C)C4CCCCC4)c3)c2)c1[C@@H]1C[C@H]1CCCO. The van der Waals surface area contributed by atoms with Crippen LogP contribution in [-0.4, -0.2) is 40.7 Å². The maximum Gasteiger partial charge on any atom is 0.341 e. The normalized spacial score (nSPS) is 20.4. The molecule has 1 N–H and O–H groups in total. The molecule has 0 spiro atoms. The molecule has 0 amide bonds. The van der Waals surface area contributed by atoms with Gasteiger partial charge in [0.1, 0.15) is 11.3 Å². The number of hydrogen-bond donors (Lipinski definition) is 1. The summed E-state index contributed by atoms with van der Waals surface area (Å²) in [5.41, 5.74) is 4.51. The molecule has 1 heterocycles. The lowest BCUT2D eigenvalue weighted by molar-refractivity contribution is 0.0599. The average molecular weight is 503 g/mol. The first-order chi connectivity index (χ1) is 18.1. The minimum absolute atomic E-state index is 0.191. The zero-order chi connectivity index (χ0) is 25.8. The molecule has 0 saturated heterocycles. The predicted molar refractivity (Wildman–Crippen MR) is 144 cm³/mol. The van der Waals surface area contributed by atoms with Crippen LogP contribution in [0.1, 0.15) is 80.3 Å². The lowest BCUT2D eigenvalue weighted by Crippen LogP contribution is -2.25. The summed E-state index contributed by atoms with van der Waals surface area (Å²) in [6, 6.07) is 16.6. The molecule has 196 valence electrons. The van der Waals surface area contributed by atoms with E-state index in [2.05, 4.69) is 42.4 Å². The third-order valence-corrected chi connectivity index (χ3v) is 8.11. The van der Waals surface area contributed by atoms with Crippen LogP contribution in [0.15, 0.2) is 54.7 Å². The maximum atomic E-state index is 12.5. The van der Waals surface area contributed by atoms with Gasteiger partial charge in [0.05, 0.1) is 30.8 Å². The Hall–Kier alpha value is -3.12. The number of carbonyl (C=O) groups is 1. The number of aromatic nitrogens is 2. The van der Waals surface area contributed by atoms with Gasteiger partial charge in [-0.25, -0.2) is 9.48 Å². The van der Waals surface area contributed by atoms with Crippen LogP contribution in [0.4, 0.5) is 0 Å². The van der Waals surface area contributed by atoms with Crippen molar-refractivity contribution < 1.29 is 19.4 Å². The van der Waals surface area contributed by atoms with Crippen molar-refractivity contribution in [1.82, 2.24) is 9.78 Å². The summed E-state index contributed by atoms with van der Waals surface area (Å²) in [7, 11) is 1.41. The van der Waals surface area contributed by atoms with Crippen LogP contribution in [0.2, 0.25) is 0 Å². The fraction of sp³-hybridized carbons (Fsp3) is 0.484. The third-order valence-electron chi connectivity index (χ3n) is 8.11. The molecule has 3 atom stereocenters. The summed E-state index contributed by atoms with van der Waals surface area (Å²) < 4.78 is 13.3. The number of hydrogen-bond acceptors (Lipinski definition) is 5. The van der Waals surface area contributed by atoms with Gasteiger partial charge in [0.2, 0.25) is 0 Å². The molecular weight excluding hydrogens is 464 g/mol. The molecule has 2 fully saturated rings. The smallest absolute Gasteiger partial charge is 0.341 e. The second-order valence-electron chi connectivity index (χ2n) is 10.6. The number of nitrogens with zero attached hydrogens (tertiary/aromatic N) is 2. The van der Waals surface area contributed by atoms with E-state index in [0.717, 1.165) is 47.5 Å². The monoisotopic (exact) mass is 502 g/mol. The van der Waals surface area contributed by atoms with Gasteiger partial charge in [0.25, 0.3) is 0 Å². The zero-order valence-corrected chi connectivity index (χ0v) is 21.9. The first-order valence-electron chi connectivity index (χ1n) is 13.7. The predicted octanol–water partition coefficient (Wildman–Crippen LogP) is 6.55. The topological polar surface area (TPSA) is 73.6 Å². The number of aliphatic hydroxyl groups excluding tert-OH is 1. The Balaban J connectivity index is 1.40. The van der Waals surface area contributed by atoms with E-state index in [-0.39, 0.29) is 24.6 Å². The largest absolute Gasteiger partial charge is 0.490 e. The van der Waals surface area contributed by atoms with Crippen molar-refractivity contribution in [2.75, 3.05) is 13.7 Å². The van der Waals surface area contributed by atoms with Gasteiger partial charge in [-0.3, -0.25) is 0 Å². The van der Waals surface area contributed by atoms with Gasteiger partial charge in [-0.1, -0.05) is 43.5 Å². The molecule has 0 unspecified atom stereocenters. The number of benzene rings is 2. The second kappa shape index (κ2) is 11.5. The Morgan fingerprint density at radius 3 is 2.62 bits per heavy atom. The number of aliphatic hydroxyl groups is 1. The number of rotatable bonds is 10. The number of ether oxygens (including phenoxy) is 2. The van der Waals surface area contributed by atoms with Crippen LogP contribution in [0.3, 0.4) is 0 Å². The third kappa shape index (κ3) is 5.74. The summed E-state index contributed by atoms with van der Waals surface area (Å²) in [6.45, 7) is 2.39. The van der Waals surface area contributed by atoms with Crippen molar-refractivity contribution in [1.29, 1.82) is 0 Å². The molecule has 0 aliphatic heterocycles. The highest BCUT2D eigenvalue weighted by Gasteiger charge is 2.42. The van der Waals surface area contributed by atoms with Crippen LogP contribution in [0.5, 0.6) is 5.75 Å². The minimum Gasteiger partial charge on any atom is -0.490 e. The quantitative estimate of drug-likeness (QED) is 0.318. The van der Waals surface area contributed by atoms with Crippen molar-refractivity contribution >= 4 is 5.97 Å². The fourth-order valence-electron chi connectivity index (χ4n) is 5.92. The molecule has 6 nitrogen and oxygen atoms in total. The molecule has 6 heteroatoms. The van der Waals surface area contributed by atoms with Gasteiger partial charge in [0.15, 0.2) is 0 Å². The van der Waals surface area contributed by atoms with E-state index < -0.39 is 0 Å². The van der Waals surface area contributed by atoms with Gasteiger partial charge >= 0.3 is 5.97 Å². The molecule has 1 aromatic heterocycles. The molecule has 2 saturated carbocycles. The minimum atomic E-state index is -0.359. The summed E-state index contributed by atoms with van der Waals surface area (Å²) in [5, 5.41) is 13.9. The highest BCUT2D eigenvalue weighted by Crippen LogP contribution is 2.51. The van der Waals surface area contributed by atoms with Gasteiger partial charge in [-0.2, -0.15) is 5.10 Å². The first kappa shape index (κ1) is 25.5. The van der Waals surface area contributed by atoms with Crippen LogP contribution < -0.4 is 4.74 Å². The molecule has 0 bridgehead atoms. The average Bonchev–Trinajstić information content (AvgIpc) is 3.58. The van der Waals surface area contributed by atoms with E-state index in [4.69, 9.17) is 9.47 Å². The van der Waals surface area contributed by atoms with E-state index in [1.807, 2.05) is 22.9 Å². The van der Waals surface area contributed by atoms with E-state index in [1.54, 1.807) is 6.20 Å². The Labute approximate surface area is 219 Å². The number of esters is 1. The lowest BCUT2D eigenvalue weighted by atomic mass is 9.86. The molecule has 5 rings (SSSR count). The standard InChI is InChI=1S/C31H38N2O4/c1-21(22-9-4-3-5-10-22)37-27-15-7-12-24(18-27)23-11-6-14-26(17-23)33-30(28-19-25(28)13-8-16-34)29(20-32-33)31(35)36-2/h6-7,11-12,14-15,17-18,20-22,25,28,34H,3-5,8-10,13,16,19H2,1-2H3/t21-,25+,28+/m0/s1. The summed E-state index contributed by atoms with van der Waals surface area (Å²) in [6.07, 6.45) is 11.0. The number of methoxy groups -OCH3 is 1. The van der Waals surface area contributed by atoms with Gasteiger partial charge in [-0.15, -0.1) is 0 Å². The highest BCUT2D eigenvalue weighted by atomic mass is 16.5. The molecule has 37 heavy (non-hydrogen) atoms. The van der Waals surface area contributed by atoms with Crippen LogP contribution in [-0.2, 0) is 4.74 Å². The highest BCUT2D eigenvalue weighted by molar-refractivity contribution is 5.91. The fourth-order valence-corrected chi connectivity index (χ4v) is 5.92. The molecule has 3 aromatic rings. The van der Waals surface area contributed by atoms with E-state index in [0.29, 0.717) is 17.4 Å². The summed E-state index contributed by atoms with van der Waals surface area (Å²) >= 11 is 0. The van der Waals surface area contributed by atoms with Crippen LogP contribution in [0, 0.1) is 11.8 Å². The van der Waals surface area contributed by atoms with Crippen LogP contribution in [0.25, 0.3) is 16.8 Å². The Morgan fingerprint density at radius 1 is 1.11 bits per heavy atom. The summed E-state index contributed by atoms with van der Waals surface area (Å²) in [4.78, 5) is 12.5. The van der Waals surface area contributed by atoms with Gasteiger partial charge in [-0.05, 0) is 86.3 Å². The maximum absolute atomic E-state index is 12.5. The number of carbonyl (C=O) groups excluding carboxylic acids is 1. The first-order valence-corrected chi connectivity index (χ1v) is 13.7. The molecule has 2 aliphatic rings. The molecule has 2 aliphatic carbocycles. The van der Waals surface area contributed by atoms with E-state index in [1.165, 1.54) is 39.2 Å². The molecular formula is C31H38N2O4. The van der Waals surface area contributed by atoms with Crippen molar-refractivity contribution in [2.24, 2.45) is 11.8 Å². The molecule has 0 radical (unpaired) electrons. The Morgan fingerprint density at radius 2 is 1.86 bits per heavy atom. The molecule has 2 aromatic carbocycles. The zero-order valence-electron chi connectivity index (χ0n) is 21.9.